The van der Waals surface area contributed by atoms with Crippen LogP contribution < -0.4 is 10.2 Å². The molecule has 1 saturated heterocycles. The number of hydrogen-bond donors (Lipinski definition) is 1. The van der Waals surface area contributed by atoms with Crippen molar-refractivity contribution in [2.75, 3.05) is 38.1 Å². The maximum Gasteiger partial charge on any atom is 0.228 e. The van der Waals surface area contributed by atoms with Gasteiger partial charge in [0.15, 0.2) is 11.8 Å². The Bertz CT molecular complexity index is 799. The number of aromatic nitrogens is 2. The highest BCUT2D eigenvalue weighted by Crippen LogP contribution is 2.20. The molecular weight excluding hydrogens is 503 g/mol. The van der Waals surface area contributed by atoms with E-state index in [1.54, 1.807) is 0 Å². The van der Waals surface area contributed by atoms with Crippen LogP contribution in [0.2, 0.25) is 0 Å². The van der Waals surface area contributed by atoms with Gasteiger partial charge in [-0.1, -0.05) is 31.1 Å². The molecule has 0 bridgehead atoms. The lowest BCUT2D eigenvalue weighted by Gasteiger charge is -2.29. The first kappa shape index (κ1) is 25.4. The summed E-state index contributed by atoms with van der Waals surface area (Å²) in [5, 5.41) is 7.39. The van der Waals surface area contributed by atoms with Crippen molar-refractivity contribution in [1.29, 1.82) is 0 Å². The SMILES string of the molecule is CCNC(=NCCc1nc(C(C)C)no1)N(C)Cc1ccc(N2CCCCC2)cc1.I. The summed E-state index contributed by atoms with van der Waals surface area (Å²) in [6, 6.07) is 8.96. The van der Waals surface area contributed by atoms with Crippen LogP contribution in [0.1, 0.15) is 63.2 Å². The van der Waals surface area contributed by atoms with E-state index < -0.39 is 0 Å². The maximum absolute atomic E-state index is 5.32. The molecule has 172 valence electrons. The predicted octanol–water partition coefficient (Wildman–Crippen LogP) is 4.44. The van der Waals surface area contributed by atoms with Crippen molar-refractivity contribution < 1.29 is 4.52 Å². The van der Waals surface area contributed by atoms with Gasteiger partial charge in [0, 0.05) is 51.3 Å². The Labute approximate surface area is 203 Å². The van der Waals surface area contributed by atoms with E-state index in [0.29, 0.717) is 18.9 Å². The van der Waals surface area contributed by atoms with Crippen LogP contribution in [-0.2, 0) is 13.0 Å². The van der Waals surface area contributed by atoms with Gasteiger partial charge in [-0.25, -0.2) is 0 Å². The molecule has 0 unspecified atom stereocenters. The molecule has 0 radical (unpaired) electrons. The molecule has 1 aromatic carbocycles. The summed E-state index contributed by atoms with van der Waals surface area (Å²) < 4.78 is 5.32. The van der Waals surface area contributed by atoms with E-state index in [0.717, 1.165) is 24.9 Å². The summed E-state index contributed by atoms with van der Waals surface area (Å²) in [6.45, 7) is 10.8. The number of aliphatic imine (C=N–C) groups is 1. The van der Waals surface area contributed by atoms with Crippen LogP contribution in [0.25, 0.3) is 0 Å². The van der Waals surface area contributed by atoms with Crippen molar-refractivity contribution in [2.45, 2.75) is 58.9 Å². The average molecular weight is 540 g/mol. The first-order valence-corrected chi connectivity index (χ1v) is 11.2. The Morgan fingerprint density at radius 1 is 1.19 bits per heavy atom. The summed E-state index contributed by atoms with van der Waals surface area (Å²) in [5.41, 5.74) is 2.62. The molecule has 0 aliphatic carbocycles. The largest absolute Gasteiger partial charge is 0.372 e. The van der Waals surface area contributed by atoms with Gasteiger partial charge in [0.25, 0.3) is 0 Å². The van der Waals surface area contributed by atoms with Gasteiger partial charge in [0.1, 0.15) is 0 Å². The number of benzene rings is 1. The van der Waals surface area contributed by atoms with Crippen molar-refractivity contribution in [3.63, 3.8) is 0 Å². The van der Waals surface area contributed by atoms with Gasteiger partial charge in [0.2, 0.25) is 5.89 Å². The Morgan fingerprint density at radius 3 is 2.52 bits per heavy atom. The molecule has 1 aliphatic rings. The van der Waals surface area contributed by atoms with Crippen molar-refractivity contribution in [3.8, 4) is 0 Å². The molecule has 1 fully saturated rings. The van der Waals surface area contributed by atoms with Crippen LogP contribution in [0.5, 0.6) is 0 Å². The van der Waals surface area contributed by atoms with Crippen molar-refractivity contribution >= 4 is 35.6 Å². The molecule has 31 heavy (non-hydrogen) atoms. The fourth-order valence-electron chi connectivity index (χ4n) is 3.64. The predicted molar refractivity (Wildman–Crippen MR) is 137 cm³/mol. The molecule has 0 spiro atoms. The lowest BCUT2D eigenvalue weighted by molar-refractivity contribution is 0.372. The van der Waals surface area contributed by atoms with E-state index in [1.807, 2.05) is 0 Å². The number of anilines is 1. The maximum atomic E-state index is 5.32. The van der Waals surface area contributed by atoms with Crippen molar-refractivity contribution in [3.05, 3.63) is 41.5 Å². The van der Waals surface area contributed by atoms with Crippen LogP contribution in [0, 0.1) is 0 Å². The number of nitrogens with zero attached hydrogens (tertiary/aromatic N) is 5. The van der Waals surface area contributed by atoms with Crippen LogP contribution in [0.15, 0.2) is 33.8 Å². The Balaban J connectivity index is 0.00000341. The topological polar surface area (TPSA) is 69.8 Å². The summed E-state index contributed by atoms with van der Waals surface area (Å²) in [7, 11) is 2.07. The second kappa shape index (κ2) is 12.9. The average Bonchev–Trinajstić information content (AvgIpc) is 3.24. The van der Waals surface area contributed by atoms with Gasteiger partial charge in [-0.05, 0) is 43.9 Å². The van der Waals surface area contributed by atoms with Gasteiger partial charge in [-0.15, -0.1) is 24.0 Å². The van der Waals surface area contributed by atoms with E-state index in [-0.39, 0.29) is 29.9 Å². The lowest BCUT2D eigenvalue weighted by atomic mass is 10.1. The van der Waals surface area contributed by atoms with Gasteiger partial charge >= 0.3 is 0 Å². The first-order chi connectivity index (χ1) is 14.6. The van der Waals surface area contributed by atoms with Crippen LogP contribution in [0.3, 0.4) is 0 Å². The first-order valence-electron chi connectivity index (χ1n) is 11.2. The second-order valence-corrected chi connectivity index (χ2v) is 8.26. The third kappa shape index (κ3) is 7.66. The van der Waals surface area contributed by atoms with E-state index in [9.17, 15) is 0 Å². The zero-order valence-corrected chi connectivity index (χ0v) is 21.6. The van der Waals surface area contributed by atoms with E-state index in [1.165, 1.54) is 43.6 Å². The Hall–Kier alpha value is -1.84. The van der Waals surface area contributed by atoms with Crippen molar-refractivity contribution in [2.24, 2.45) is 4.99 Å². The van der Waals surface area contributed by atoms with Crippen LogP contribution in [0.4, 0.5) is 5.69 Å². The standard InChI is InChI=1S/C23H36N6O.HI/c1-5-24-23(25-14-13-21-26-22(18(2)3)27-30-21)28(4)17-19-9-11-20(12-10-19)29-15-7-6-8-16-29;/h9-12,18H,5-8,13-17H2,1-4H3,(H,24,25);1H. The minimum absolute atomic E-state index is 0. The lowest BCUT2D eigenvalue weighted by Crippen LogP contribution is -2.38. The molecule has 1 N–H and O–H groups in total. The normalized spacial score (nSPS) is 14.5. The number of nitrogens with one attached hydrogen (secondary N) is 1. The van der Waals surface area contributed by atoms with Gasteiger partial charge in [0.05, 0.1) is 6.54 Å². The molecule has 0 saturated carbocycles. The molecule has 3 rings (SSSR count). The molecule has 7 nitrogen and oxygen atoms in total. The summed E-state index contributed by atoms with van der Waals surface area (Å²) in [5.74, 6) is 2.57. The number of piperidine rings is 1. The van der Waals surface area contributed by atoms with E-state index in [2.05, 4.69) is 77.3 Å². The number of hydrogen-bond acceptors (Lipinski definition) is 5. The minimum Gasteiger partial charge on any atom is -0.372 e. The monoisotopic (exact) mass is 540 g/mol. The fraction of sp³-hybridized carbons (Fsp3) is 0.609. The molecule has 1 aliphatic heterocycles. The van der Waals surface area contributed by atoms with E-state index in [4.69, 9.17) is 9.52 Å². The molecular formula is C23H37IN6O. The van der Waals surface area contributed by atoms with Crippen LogP contribution >= 0.6 is 24.0 Å². The second-order valence-electron chi connectivity index (χ2n) is 8.26. The smallest absolute Gasteiger partial charge is 0.228 e. The Kier molecular flexibility index (Phi) is 10.6. The Morgan fingerprint density at radius 2 is 1.90 bits per heavy atom. The minimum atomic E-state index is 0. The zero-order chi connectivity index (χ0) is 21.3. The quantitative estimate of drug-likeness (QED) is 0.304. The summed E-state index contributed by atoms with van der Waals surface area (Å²) in [4.78, 5) is 13.8. The zero-order valence-electron chi connectivity index (χ0n) is 19.3. The van der Waals surface area contributed by atoms with E-state index >= 15 is 0 Å². The third-order valence-electron chi connectivity index (χ3n) is 5.36. The number of guanidine groups is 1. The molecule has 0 amide bonds. The third-order valence-corrected chi connectivity index (χ3v) is 5.36. The highest BCUT2D eigenvalue weighted by atomic mass is 127. The molecule has 2 heterocycles. The van der Waals surface area contributed by atoms with Crippen molar-refractivity contribution in [1.82, 2.24) is 20.4 Å². The van der Waals surface area contributed by atoms with Crippen LogP contribution in [-0.4, -0.2) is 54.2 Å². The number of rotatable bonds is 8. The summed E-state index contributed by atoms with van der Waals surface area (Å²) in [6.07, 6.45) is 4.61. The van der Waals surface area contributed by atoms with Gasteiger partial charge < -0.3 is 19.6 Å². The molecule has 0 atom stereocenters. The van der Waals surface area contributed by atoms with Gasteiger partial charge in [-0.3, -0.25) is 4.99 Å². The highest BCUT2D eigenvalue weighted by Gasteiger charge is 2.12. The number of halogens is 1. The highest BCUT2D eigenvalue weighted by molar-refractivity contribution is 14.0. The van der Waals surface area contributed by atoms with Gasteiger partial charge in [-0.2, -0.15) is 4.98 Å². The molecule has 2 aromatic rings. The fourth-order valence-corrected chi connectivity index (χ4v) is 3.64. The summed E-state index contributed by atoms with van der Waals surface area (Å²) >= 11 is 0. The molecule has 1 aromatic heterocycles. The molecule has 8 heteroatoms.